The van der Waals surface area contributed by atoms with Crippen LogP contribution in [0.1, 0.15) is 29.7 Å². The molecule has 1 N–H and O–H groups in total. The van der Waals surface area contributed by atoms with Gasteiger partial charge in [0.25, 0.3) is 0 Å². The molecule has 20 heavy (non-hydrogen) atoms. The largest absolute Gasteiger partial charge is 0.496 e. The number of nitrogens with one attached hydrogen (secondary N) is 1. The molecule has 0 saturated carbocycles. The van der Waals surface area contributed by atoms with Crippen molar-refractivity contribution in [3.8, 4) is 17.1 Å². The Labute approximate surface area is 124 Å². The van der Waals surface area contributed by atoms with Crippen LogP contribution in [0.4, 0.5) is 0 Å². The normalized spacial score (nSPS) is 13.9. The Morgan fingerprint density at radius 3 is 2.85 bits per heavy atom. The van der Waals surface area contributed by atoms with Crippen LogP contribution >= 0.6 is 12.2 Å². The number of aromatic amines is 1. The van der Waals surface area contributed by atoms with Crippen molar-refractivity contribution in [3.05, 3.63) is 39.7 Å². The number of aryl methyl sites for hydroxylation is 2. The molecule has 0 spiro atoms. The number of hydrogen-bond donors (Lipinski definition) is 1. The molecule has 0 radical (unpaired) electrons. The monoisotopic (exact) mass is 286 g/mol. The van der Waals surface area contributed by atoms with E-state index in [1.165, 1.54) is 29.7 Å². The second-order valence-corrected chi connectivity index (χ2v) is 5.65. The first-order chi connectivity index (χ1) is 9.69. The van der Waals surface area contributed by atoms with Gasteiger partial charge in [0.1, 0.15) is 16.2 Å². The van der Waals surface area contributed by atoms with E-state index in [1.807, 2.05) is 12.1 Å². The van der Waals surface area contributed by atoms with Gasteiger partial charge in [-0.3, -0.25) is 0 Å². The minimum absolute atomic E-state index is 0.732. The van der Waals surface area contributed by atoms with Crippen molar-refractivity contribution in [1.29, 1.82) is 0 Å². The first-order valence-corrected chi connectivity index (χ1v) is 7.37. The number of H-pyrrole nitrogens is 1. The van der Waals surface area contributed by atoms with Gasteiger partial charge < -0.3 is 9.72 Å². The molecular formula is C16H18N2OS. The SMILES string of the molecule is COc1cc(C)ccc1-c1nc(=S)c2c([nH]1)CCCC2. The van der Waals surface area contributed by atoms with Crippen LogP contribution in [0, 0.1) is 11.6 Å². The van der Waals surface area contributed by atoms with Gasteiger partial charge >= 0.3 is 0 Å². The molecule has 0 bridgehead atoms. The summed E-state index contributed by atoms with van der Waals surface area (Å²) in [5.74, 6) is 1.64. The van der Waals surface area contributed by atoms with Crippen LogP contribution in [-0.4, -0.2) is 17.1 Å². The van der Waals surface area contributed by atoms with Gasteiger partial charge in [-0.05, 0) is 50.3 Å². The molecule has 0 unspecified atom stereocenters. The van der Waals surface area contributed by atoms with Crippen LogP contribution in [-0.2, 0) is 12.8 Å². The van der Waals surface area contributed by atoms with Gasteiger partial charge in [0.05, 0.1) is 12.7 Å². The van der Waals surface area contributed by atoms with E-state index in [4.69, 9.17) is 17.0 Å². The molecule has 1 aromatic carbocycles. The molecule has 0 saturated heterocycles. The summed E-state index contributed by atoms with van der Waals surface area (Å²) in [5.41, 5.74) is 4.61. The maximum atomic E-state index is 5.47. The van der Waals surface area contributed by atoms with Crippen molar-refractivity contribution in [2.45, 2.75) is 32.6 Å². The van der Waals surface area contributed by atoms with Gasteiger partial charge in [-0.1, -0.05) is 18.3 Å². The lowest BCUT2D eigenvalue weighted by atomic mass is 9.97. The Morgan fingerprint density at radius 2 is 2.05 bits per heavy atom. The lowest BCUT2D eigenvalue weighted by Gasteiger charge is -2.17. The molecule has 0 amide bonds. The number of ether oxygens (including phenoxy) is 1. The Morgan fingerprint density at radius 1 is 1.25 bits per heavy atom. The van der Waals surface area contributed by atoms with Crippen LogP contribution in [0.5, 0.6) is 5.75 Å². The topological polar surface area (TPSA) is 37.9 Å². The van der Waals surface area contributed by atoms with Crippen molar-refractivity contribution in [2.75, 3.05) is 7.11 Å². The number of benzene rings is 1. The third kappa shape index (κ3) is 2.36. The Bertz CT molecular complexity index is 706. The predicted molar refractivity (Wildman–Crippen MR) is 82.8 cm³/mol. The van der Waals surface area contributed by atoms with Crippen molar-refractivity contribution < 1.29 is 4.74 Å². The summed E-state index contributed by atoms with van der Waals surface area (Å²) in [6.45, 7) is 2.05. The molecule has 1 aromatic heterocycles. The minimum atomic E-state index is 0.732. The molecule has 1 aliphatic carbocycles. The lowest BCUT2D eigenvalue weighted by Crippen LogP contribution is -2.09. The van der Waals surface area contributed by atoms with Crippen LogP contribution < -0.4 is 4.74 Å². The van der Waals surface area contributed by atoms with Crippen LogP contribution in [0.25, 0.3) is 11.4 Å². The third-order valence-electron chi connectivity index (χ3n) is 3.82. The summed E-state index contributed by atoms with van der Waals surface area (Å²) in [4.78, 5) is 8.03. The first kappa shape index (κ1) is 13.3. The highest BCUT2D eigenvalue weighted by Gasteiger charge is 2.15. The highest BCUT2D eigenvalue weighted by Crippen LogP contribution is 2.30. The zero-order valence-electron chi connectivity index (χ0n) is 11.8. The summed E-state index contributed by atoms with van der Waals surface area (Å²) >= 11 is 5.46. The molecule has 1 heterocycles. The van der Waals surface area contributed by atoms with Gasteiger partial charge in [-0.2, -0.15) is 0 Å². The highest BCUT2D eigenvalue weighted by molar-refractivity contribution is 7.71. The van der Waals surface area contributed by atoms with Crippen molar-refractivity contribution in [3.63, 3.8) is 0 Å². The number of fused-ring (bicyclic) bond motifs is 1. The summed E-state index contributed by atoms with van der Waals surface area (Å²) < 4.78 is 6.20. The molecule has 0 aliphatic heterocycles. The molecule has 2 aromatic rings. The number of nitrogens with zero attached hydrogens (tertiary/aromatic N) is 1. The maximum Gasteiger partial charge on any atom is 0.142 e. The summed E-state index contributed by atoms with van der Waals surface area (Å²) in [7, 11) is 1.69. The van der Waals surface area contributed by atoms with Crippen molar-refractivity contribution >= 4 is 12.2 Å². The number of aromatic nitrogens is 2. The second kappa shape index (κ2) is 5.37. The molecule has 4 heteroatoms. The molecule has 104 valence electrons. The highest BCUT2D eigenvalue weighted by atomic mass is 32.1. The van der Waals surface area contributed by atoms with E-state index in [0.29, 0.717) is 0 Å². The predicted octanol–water partition coefficient (Wildman–Crippen LogP) is 4.00. The summed E-state index contributed by atoms with van der Waals surface area (Å²) in [5, 5.41) is 0. The van der Waals surface area contributed by atoms with E-state index in [1.54, 1.807) is 7.11 Å². The lowest BCUT2D eigenvalue weighted by molar-refractivity contribution is 0.416. The van der Waals surface area contributed by atoms with E-state index < -0.39 is 0 Å². The molecule has 0 atom stereocenters. The maximum absolute atomic E-state index is 5.47. The number of rotatable bonds is 2. The average Bonchev–Trinajstić information content (AvgIpc) is 2.47. The molecular weight excluding hydrogens is 268 g/mol. The summed E-state index contributed by atoms with van der Waals surface area (Å²) in [6.07, 6.45) is 4.53. The number of hydrogen-bond acceptors (Lipinski definition) is 3. The standard InChI is InChI=1S/C16H18N2OS/c1-10-7-8-12(14(9-10)19-2)15-17-13-6-4-3-5-11(13)16(20)18-15/h7-9H,3-6H2,1-2H3,(H,17,18,20). The van der Waals surface area contributed by atoms with Gasteiger partial charge in [0, 0.05) is 11.3 Å². The average molecular weight is 286 g/mol. The smallest absolute Gasteiger partial charge is 0.142 e. The zero-order valence-corrected chi connectivity index (χ0v) is 12.6. The van der Waals surface area contributed by atoms with Gasteiger partial charge in [0.2, 0.25) is 0 Å². The van der Waals surface area contributed by atoms with Gasteiger partial charge in [-0.25, -0.2) is 4.98 Å². The number of methoxy groups -OCH3 is 1. The third-order valence-corrected chi connectivity index (χ3v) is 4.16. The van der Waals surface area contributed by atoms with Crippen molar-refractivity contribution in [1.82, 2.24) is 9.97 Å². The quantitative estimate of drug-likeness (QED) is 0.848. The van der Waals surface area contributed by atoms with Gasteiger partial charge in [0.15, 0.2) is 0 Å². The zero-order chi connectivity index (χ0) is 14.1. The van der Waals surface area contributed by atoms with E-state index in [9.17, 15) is 0 Å². The molecule has 1 aliphatic rings. The molecule has 3 nitrogen and oxygen atoms in total. The first-order valence-electron chi connectivity index (χ1n) is 6.96. The molecule has 3 rings (SSSR count). The molecule has 0 fully saturated rings. The fraction of sp³-hybridized carbons (Fsp3) is 0.375. The second-order valence-electron chi connectivity index (χ2n) is 5.26. The van der Waals surface area contributed by atoms with Crippen LogP contribution in [0.15, 0.2) is 18.2 Å². The minimum Gasteiger partial charge on any atom is -0.496 e. The van der Waals surface area contributed by atoms with E-state index in [-0.39, 0.29) is 0 Å². The van der Waals surface area contributed by atoms with Crippen molar-refractivity contribution in [2.24, 2.45) is 0 Å². The Balaban J connectivity index is 2.16. The van der Waals surface area contributed by atoms with E-state index >= 15 is 0 Å². The van der Waals surface area contributed by atoms with E-state index in [2.05, 4.69) is 23.0 Å². The van der Waals surface area contributed by atoms with E-state index in [0.717, 1.165) is 34.6 Å². The van der Waals surface area contributed by atoms with Crippen LogP contribution in [0.3, 0.4) is 0 Å². The van der Waals surface area contributed by atoms with Gasteiger partial charge in [-0.15, -0.1) is 0 Å². The van der Waals surface area contributed by atoms with Crippen LogP contribution in [0.2, 0.25) is 0 Å². The summed E-state index contributed by atoms with van der Waals surface area (Å²) in [6, 6.07) is 6.13. The fourth-order valence-corrected chi connectivity index (χ4v) is 3.06. The fourth-order valence-electron chi connectivity index (χ4n) is 2.74. The Hall–Kier alpha value is -1.68. The Kier molecular flexibility index (Phi) is 3.57.